The van der Waals surface area contributed by atoms with E-state index in [4.69, 9.17) is 0 Å². The van der Waals surface area contributed by atoms with Gasteiger partial charge in [0.15, 0.2) is 5.88 Å². The molecule has 4 rings (SSSR count). The van der Waals surface area contributed by atoms with Gasteiger partial charge in [0.2, 0.25) is 0 Å². The number of benzene rings is 2. The molecule has 3 N–H and O–H groups in total. The fraction of sp³-hybridized carbons (Fsp3) is 0.0588. The molecule has 25 heavy (non-hydrogen) atoms. The van der Waals surface area contributed by atoms with E-state index in [1.807, 2.05) is 0 Å². The molecule has 0 amide bonds. The van der Waals surface area contributed by atoms with Gasteiger partial charge in [-0.05, 0) is 23.4 Å². The first-order chi connectivity index (χ1) is 11.9. The predicted octanol–water partition coefficient (Wildman–Crippen LogP) is 5.44. The second-order valence-corrected chi connectivity index (χ2v) is 5.59. The van der Waals surface area contributed by atoms with Crippen molar-refractivity contribution < 1.29 is 18.3 Å². The zero-order valence-electron chi connectivity index (χ0n) is 12.5. The molecule has 4 aromatic rings. The number of fused-ring (bicyclic) bond motifs is 2. The van der Waals surface area contributed by atoms with E-state index in [0.29, 0.717) is 16.3 Å². The fourth-order valence-corrected chi connectivity index (χ4v) is 3.02. The van der Waals surface area contributed by atoms with E-state index >= 15 is 0 Å². The number of nitrogens with zero attached hydrogens (tertiary/aromatic N) is 1. The zero-order chi connectivity index (χ0) is 17.8. The molecule has 0 fully saturated rings. The molecule has 0 saturated heterocycles. The summed E-state index contributed by atoms with van der Waals surface area (Å²) in [7, 11) is 0. The van der Waals surface area contributed by atoms with Gasteiger partial charge in [0.25, 0.3) is 0 Å². The van der Waals surface area contributed by atoms with Crippen LogP contribution >= 0.6 is 0 Å². The lowest BCUT2D eigenvalue weighted by molar-refractivity contribution is -0.137. The summed E-state index contributed by atoms with van der Waals surface area (Å²) in [5.41, 5.74) is 0.449. The van der Waals surface area contributed by atoms with Gasteiger partial charge in [-0.15, -0.1) is 4.91 Å². The summed E-state index contributed by atoms with van der Waals surface area (Å²) in [5, 5.41) is 14.2. The minimum atomic E-state index is -4.49. The van der Waals surface area contributed by atoms with Crippen LogP contribution in [0.2, 0.25) is 0 Å². The van der Waals surface area contributed by atoms with Crippen LogP contribution in [0.3, 0.4) is 0 Å². The van der Waals surface area contributed by atoms with Crippen LogP contribution in [0.5, 0.6) is 5.88 Å². The highest BCUT2D eigenvalue weighted by molar-refractivity contribution is 6.07. The summed E-state index contributed by atoms with van der Waals surface area (Å²) in [6, 6.07) is 10.0. The molecule has 0 bridgehead atoms. The van der Waals surface area contributed by atoms with Crippen LogP contribution in [-0.4, -0.2) is 15.1 Å². The number of nitrogens with one attached hydrogen (secondary N) is 2. The van der Waals surface area contributed by atoms with Crippen molar-refractivity contribution in [1.29, 1.82) is 0 Å². The maximum atomic E-state index is 12.9. The Labute approximate surface area is 138 Å². The summed E-state index contributed by atoms with van der Waals surface area (Å²) in [5.74, 6) is -0.342. The fourth-order valence-electron chi connectivity index (χ4n) is 3.02. The minimum absolute atomic E-state index is 0.0895. The third-order valence-electron chi connectivity index (χ3n) is 4.13. The van der Waals surface area contributed by atoms with Crippen molar-refractivity contribution in [1.82, 2.24) is 9.97 Å². The van der Waals surface area contributed by atoms with E-state index in [1.165, 1.54) is 6.07 Å². The Balaban J connectivity index is 2.02. The van der Waals surface area contributed by atoms with Crippen molar-refractivity contribution in [2.45, 2.75) is 6.18 Å². The first-order valence-corrected chi connectivity index (χ1v) is 7.26. The van der Waals surface area contributed by atoms with Crippen LogP contribution in [0, 0.1) is 4.91 Å². The lowest BCUT2D eigenvalue weighted by atomic mass is 10.1. The molecule has 0 saturated carbocycles. The maximum absolute atomic E-state index is 12.9. The van der Waals surface area contributed by atoms with Gasteiger partial charge in [-0.1, -0.05) is 24.3 Å². The molecular weight excluding hydrogens is 335 g/mol. The highest BCUT2D eigenvalue weighted by Gasteiger charge is 2.31. The number of rotatable bonds is 2. The van der Waals surface area contributed by atoms with E-state index in [1.54, 1.807) is 24.3 Å². The average molecular weight is 345 g/mol. The largest absolute Gasteiger partial charge is 0.494 e. The summed E-state index contributed by atoms with van der Waals surface area (Å²) in [6.45, 7) is 0. The molecule has 0 aliphatic rings. The molecule has 0 unspecified atom stereocenters. The van der Waals surface area contributed by atoms with Crippen molar-refractivity contribution in [3.8, 4) is 17.1 Å². The van der Waals surface area contributed by atoms with Gasteiger partial charge in [-0.3, -0.25) is 0 Å². The quantitative estimate of drug-likeness (QED) is 0.423. The smallest absolute Gasteiger partial charge is 0.416 e. The molecule has 126 valence electrons. The standard InChI is InChI=1S/C17H10F3N3O2/c18-17(19,20)8-5-6-9-12(7-8)22-16(24)13(9)15-14(23-25)10-3-1-2-4-11(10)21-15/h1-7,21-22,24H. The molecule has 2 heterocycles. The molecule has 0 atom stereocenters. The monoisotopic (exact) mass is 345 g/mol. The number of halogens is 3. The lowest BCUT2D eigenvalue weighted by Crippen LogP contribution is -2.04. The van der Waals surface area contributed by atoms with Crippen molar-refractivity contribution in [2.24, 2.45) is 5.18 Å². The lowest BCUT2D eigenvalue weighted by Gasteiger charge is -2.06. The van der Waals surface area contributed by atoms with E-state index in [9.17, 15) is 23.2 Å². The van der Waals surface area contributed by atoms with Gasteiger partial charge in [-0.25, -0.2) is 0 Å². The third-order valence-corrected chi connectivity index (χ3v) is 4.13. The highest BCUT2D eigenvalue weighted by atomic mass is 19.4. The predicted molar refractivity (Wildman–Crippen MR) is 87.7 cm³/mol. The Hall–Kier alpha value is -3.29. The summed E-state index contributed by atoms with van der Waals surface area (Å²) in [4.78, 5) is 16.8. The maximum Gasteiger partial charge on any atom is 0.416 e. The number of hydrogen-bond acceptors (Lipinski definition) is 3. The Kier molecular flexibility index (Phi) is 3.11. The second-order valence-electron chi connectivity index (χ2n) is 5.59. The molecule has 0 aliphatic carbocycles. The Morgan fingerprint density at radius 1 is 0.960 bits per heavy atom. The van der Waals surface area contributed by atoms with E-state index < -0.39 is 11.7 Å². The minimum Gasteiger partial charge on any atom is -0.494 e. The first-order valence-electron chi connectivity index (χ1n) is 7.26. The third kappa shape index (κ3) is 2.25. The molecule has 5 nitrogen and oxygen atoms in total. The number of para-hydroxylation sites is 1. The van der Waals surface area contributed by atoms with Crippen LogP contribution in [-0.2, 0) is 6.18 Å². The van der Waals surface area contributed by atoms with Gasteiger partial charge >= 0.3 is 6.18 Å². The van der Waals surface area contributed by atoms with E-state index in [0.717, 1.165) is 12.1 Å². The number of alkyl halides is 3. The zero-order valence-corrected chi connectivity index (χ0v) is 12.5. The molecule has 0 spiro atoms. The van der Waals surface area contributed by atoms with E-state index in [2.05, 4.69) is 15.1 Å². The summed E-state index contributed by atoms with van der Waals surface area (Å²) in [6.07, 6.45) is -4.49. The summed E-state index contributed by atoms with van der Waals surface area (Å²) < 4.78 is 38.6. The van der Waals surface area contributed by atoms with Crippen LogP contribution in [0.4, 0.5) is 18.9 Å². The first kappa shape index (κ1) is 15.3. The van der Waals surface area contributed by atoms with E-state index in [-0.39, 0.29) is 28.3 Å². The van der Waals surface area contributed by atoms with Gasteiger partial charge in [-0.2, -0.15) is 13.2 Å². The van der Waals surface area contributed by atoms with Crippen molar-refractivity contribution in [3.63, 3.8) is 0 Å². The van der Waals surface area contributed by atoms with Crippen molar-refractivity contribution in [3.05, 3.63) is 52.9 Å². The highest BCUT2D eigenvalue weighted by Crippen LogP contribution is 2.45. The van der Waals surface area contributed by atoms with Gasteiger partial charge in [0.05, 0.1) is 16.8 Å². The SMILES string of the molecule is O=Nc1c(-c2c(O)[nH]c3cc(C(F)(F)F)ccc23)[nH]c2ccccc12. The number of aromatic amines is 2. The van der Waals surface area contributed by atoms with Crippen LogP contribution in [0.1, 0.15) is 5.56 Å². The number of aromatic nitrogens is 2. The molecule has 0 aliphatic heterocycles. The Morgan fingerprint density at radius 3 is 2.44 bits per heavy atom. The van der Waals surface area contributed by atoms with Crippen LogP contribution < -0.4 is 0 Å². The van der Waals surface area contributed by atoms with Gasteiger partial charge in [0.1, 0.15) is 5.69 Å². The Morgan fingerprint density at radius 2 is 1.72 bits per heavy atom. The normalized spacial score (nSPS) is 12.1. The molecule has 8 heteroatoms. The number of aromatic hydroxyl groups is 1. The second kappa shape index (κ2) is 5.10. The molecule has 2 aromatic carbocycles. The molecule has 2 aromatic heterocycles. The van der Waals surface area contributed by atoms with Crippen molar-refractivity contribution >= 4 is 27.5 Å². The topological polar surface area (TPSA) is 81.2 Å². The van der Waals surface area contributed by atoms with Crippen LogP contribution in [0.15, 0.2) is 47.6 Å². The number of H-pyrrole nitrogens is 2. The number of hydrogen-bond donors (Lipinski definition) is 3. The Bertz CT molecular complexity index is 1130. The van der Waals surface area contributed by atoms with Crippen molar-refractivity contribution in [2.75, 3.05) is 0 Å². The summed E-state index contributed by atoms with van der Waals surface area (Å²) >= 11 is 0. The molecule has 0 radical (unpaired) electrons. The van der Waals surface area contributed by atoms with Gasteiger partial charge < -0.3 is 15.1 Å². The van der Waals surface area contributed by atoms with Crippen LogP contribution in [0.25, 0.3) is 33.1 Å². The average Bonchev–Trinajstić information content (AvgIpc) is 3.08. The molecular formula is C17H10F3N3O2. The number of nitroso groups, excluding NO2 is 1. The van der Waals surface area contributed by atoms with Gasteiger partial charge in [0, 0.05) is 21.8 Å².